The van der Waals surface area contributed by atoms with Gasteiger partial charge >= 0.3 is 6.09 Å². The third-order valence-electron chi connectivity index (χ3n) is 8.89. The van der Waals surface area contributed by atoms with E-state index in [1.807, 2.05) is 41.3 Å². The number of amides is 1. The second-order valence-electron chi connectivity index (χ2n) is 12.0. The Morgan fingerprint density at radius 1 is 0.841 bits per heavy atom. The fraction of sp³-hybridized carbons (Fsp3) is 0.417. The van der Waals surface area contributed by atoms with E-state index in [0.717, 1.165) is 46.5 Å². The Labute approximate surface area is 263 Å². The van der Waals surface area contributed by atoms with Crippen molar-refractivity contribution < 1.29 is 24.5 Å². The van der Waals surface area contributed by atoms with Gasteiger partial charge in [0.1, 0.15) is 30.5 Å². The van der Waals surface area contributed by atoms with Gasteiger partial charge in [0.15, 0.2) is 0 Å². The molecule has 0 spiro atoms. The lowest BCUT2D eigenvalue weighted by atomic mass is 9.94. The summed E-state index contributed by atoms with van der Waals surface area (Å²) in [6.45, 7) is 5.48. The molecule has 0 unspecified atom stereocenters. The number of likely N-dealkylation sites (tertiary alicyclic amines) is 1. The molecule has 1 aliphatic carbocycles. The number of fused-ring (bicyclic) bond motifs is 1. The van der Waals surface area contributed by atoms with Crippen molar-refractivity contribution in [3.05, 3.63) is 77.9 Å². The smallest absolute Gasteiger partial charge is 0.410 e. The molecule has 0 atom stereocenters. The van der Waals surface area contributed by atoms with Crippen molar-refractivity contribution in [2.24, 2.45) is 0 Å². The number of phenolic OH excluding ortho intramolecular Hbond substituents is 2. The molecule has 0 bridgehead atoms. The van der Waals surface area contributed by atoms with Gasteiger partial charge in [0, 0.05) is 22.2 Å². The maximum absolute atomic E-state index is 11.2. The van der Waals surface area contributed by atoms with Crippen LogP contribution >= 0.6 is 11.3 Å². The van der Waals surface area contributed by atoms with Gasteiger partial charge in [0.25, 0.3) is 0 Å². The largest absolute Gasteiger partial charge is 0.508 e. The van der Waals surface area contributed by atoms with E-state index in [-0.39, 0.29) is 17.6 Å². The lowest BCUT2D eigenvalue weighted by molar-refractivity contribution is 0.139. The first-order valence-electron chi connectivity index (χ1n) is 15.9. The minimum absolute atomic E-state index is 0.0955. The summed E-state index contributed by atoms with van der Waals surface area (Å²) in [6.07, 6.45) is 9.49. The van der Waals surface area contributed by atoms with Gasteiger partial charge in [0.2, 0.25) is 0 Å². The molecule has 7 rings (SSSR count). The van der Waals surface area contributed by atoms with Gasteiger partial charge in [-0.2, -0.15) is 0 Å². The van der Waals surface area contributed by atoms with Crippen molar-refractivity contribution in [2.45, 2.75) is 57.4 Å². The zero-order valence-corrected chi connectivity index (χ0v) is 26.1. The van der Waals surface area contributed by atoms with Gasteiger partial charge in [-0.1, -0.05) is 31.4 Å². The quantitative estimate of drug-likeness (QED) is 0.211. The molecule has 8 heteroatoms. The number of thiophene rings is 1. The summed E-state index contributed by atoms with van der Waals surface area (Å²) >= 11 is 1.70. The van der Waals surface area contributed by atoms with Crippen molar-refractivity contribution in [3.63, 3.8) is 0 Å². The first-order valence-corrected chi connectivity index (χ1v) is 16.8. The molecule has 3 fully saturated rings. The van der Waals surface area contributed by atoms with E-state index < -0.39 is 0 Å². The third kappa shape index (κ3) is 7.48. The topological polar surface area (TPSA) is 82.5 Å². The molecular formula is C36H42N2O5S. The Morgan fingerprint density at radius 2 is 1.57 bits per heavy atom. The number of cyclic esters (lactones) is 1. The van der Waals surface area contributed by atoms with E-state index in [4.69, 9.17) is 9.47 Å². The molecule has 2 N–H and O–H groups in total. The van der Waals surface area contributed by atoms with Crippen LogP contribution in [0.4, 0.5) is 4.79 Å². The van der Waals surface area contributed by atoms with Crippen LogP contribution in [0.1, 0.15) is 56.1 Å². The van der Waals surface area contributed by atoms with E-state index in [1.54, 1.807) is 29.5 Å². The van der Waals surface area contributed by atoms with Crippen LogP contribution in [0.25, 0.3) is 20.5 Å². The minimum atomic E-state index is -0.0955. The Hall–Kier alpha value is -3.75. The Bertz CT molecular complexity index is 1520. The number of aromatic hydroxyl groups is 2. The lowest BCUT2D eigenvalue weighted by Crippen LogP contribution is -2.37. The number of carbonyl (C=O) groups excluding carboxylic acids is 1. The highest BCUT2D eigenvalue weighted by Crippen LogP contribution is 2.41. The van der Waals surface area contributed by atoms with Crippen molar-refractivity contribution in [1.29, 1.82) is 0 Å². The Balaban J connectivity index is 0.000000238. The molecule has 2 saturated heterocycles. The third-order valence-corrected chi connectivity index (χ3v) is 10.1. The molecule has 7 nitrogen and oxygen atoms in total. The second kappa shape index (κ2) is 14.4. The van der Waals surface area contributed by atoms with Gasteiger partial charge in [-0.05, 0) is 122 Å². The van der Waals surface area contributed by atoms with Crippen LogP contribution in [0, 0.1) is 0 Å². The fourth-order valence-electron chi connectivity index (χ4n) is 6.50. The van der Waals surface area contributed by atoms with E-state index in [2.05, 4.69) is 17.0 Å². The summed E-state index contributed by atoms with van der Waals surface area (Å²) in [7, 11) is 0. The molecular weight excluding hydrogens is 572 g/mol. The molecule has 232 valence electrons. The molecule has 3 aromatic carbocycles. The normalized spacial score (nSPS) is 17.5. The van der Waals surface area contributed by atoms with E-state index in [0.29, 0.717) is 19.3 Å². The van der Waals surface area contributed by atoms with Crippen molar-refractivity contribution in [1.82, 2.24) is 9.80 Å². The number of benzene rings is 3. The van der Waals surface area contributed by atoms with Crippen molar-refractivity contribution >= 4 is 27.5 Å². The number of carbonyl (C=O) groups is 1. The van der Waals surface area contributed by atoms with Crippen LogP contribution in [0.3, 0.4) is 0 Å². The summed E-state index contributed by atoms with van der Waals surface area (Å²) < 4.78 is 12.0. The van der Waals surface area contributed by atoms with Gasteiger partial charge in [-0.15, -0.1) is 11.3 Å². The molecule has 3 aliphatic rings. The Kier molecular flexibility index (Phi) is 9.88. The molecule has 1 saturated carbocycles. The molecule has 2 aliphatic heterocycles. The summed E-state index contributed by atoms with van der Waals surface area (Å²) in [5.74, 6) is 1.45. The van der Waals surface area contributed by atoms with Gasteiger partial charge in [-0.25, -0.2) is 4.79 Å². The van der Waals surface area contributed by atoms with Gasteiger partial charge in [0.05, 0.1) is 6.54 Å². The zero-order valence-electron chi connectivity index (χ0n) is 25.2. The average molecular weight is 615 g/mol. The maximum atomic E-state index is 11.2. The first kappa shape index (κ1) is 30.3. The number of nitrogens with zero attached hydrogens (tertiary/aromatic N) is 2. The molecule has 0 radical (unpaired) electrons. The summed E-state index contributed by atoms with van der Waals surface area (Å²) in [6, 6.07) is 21.8. The highest BCUT2D eigenvalue weighted by atomic mass is 32.1. The minimum Gasteiger partial charge on any atom is -0.508 e. The second-order valence-corrected chi connectivity index (χ2v) is 13.0. The Morgan fingerprint density at radius 3 is 2.27 bits per heavy atom. The lowest BCUT2D eigenvalue weighted by Gasteiger charge is -2.28. The molecule has 44 heavy (non-hydrogen) atoms. The number of rotatable bonds is 8. The van der Waals surface area contributed by atoms with E-state index in [9.17, 15) is 15.0 Å². The van der Waals surface area contributed by atoms with Gasteiger partial charge < -0.3 is 24.6 Å². The van der Waals surface area contributed by atoms with Crippen LogP contribution in [0.15, 0.2) is 66.7 Å². The molecule has 3 heterocycles. The van der Waals surface area contributed by atoms with Crippen molar-refractivity contribution in [3.8, 4) is 27.7 Å². The number of hydrogen-bond donors (Lipinski definition) is 2. The molecule has 1 aromatic heterocycles. The first-order chi connectivity index (χ1) is 21.5. The highest BCUT2D eigenvalue weighted by molar-refractivity contribution is 7.22. The number of ether oxygens (including phenoxy) is 2. The average Bonchev–Trinajstić information content (AvgIpc) is 3.80. The highest BCUT2D eigenvalue weighted by Gasteiger charge is 2.30. The molecule has 4 aromatic rings. The SMILES string of the molecule is O=C1OCCN1C1CCCCC1.Oc1ccc(Cc2c(-c3ccc(OCCN4CCCC4)cc3)sc3cc(O)ccc23)cc1. The van der Waals surface area contributed by atoms with E-state index in [1.165, 1.54) is 68.5 Å². The summed E-state index contributed by atoms with van der Waals surface area (Å²) in [4.78, 5) is 16.7. The van der Waals surface area contributed by atoms with Crippen LogP contribution in [0.2, 0.25) is 0 Å². The fourth-order valence-corrected chi connectivity index (χ4v) is 7.76. The monoisotopic (exact) mass is 614 g/mol. The number of phenols is 2. The van der Waals surface area contributed by atoms with E-state index >= 15 is 0 Å². The van der Waals surface area contributed by atoms with Crippen LogP contribution in [-0.4, -0.2) is 71.5 Å². The molecule has 1 amide bonds. The summed E-state index contributed by atoms with van der Waals surface area (Å²) in [5, 5.41) is 20.8. The van der Waals surface area contributed by atoms with Crippen LogP contribution in [-0.2, 0) is 11.2 Å². The maximum Gasteiger partial charge on any atom is 0.410 e. The zero-order chi connectivity index (χ0) is 30.3. The van der Waals surface area contributed by atoms with Crippen molar-refractivity contribution in [2.75, 3.05) is 39.4 Å². The van der Waals surface area contributed by atoms with Crippen LogP contribution < -0.4 is 4.74 Å². The van der Waals surface area contributed by atoms with Gasteiger partial charge in [-0.3, -0.25) is 4.90 Å². The van der Waals surface area contributed by atoms with Crippen LogP contribution in [0.5, 0.6) is 17.2 Å². The summed E-state index contributed by atoms with van der Waals surface area (Å²) in [5.41, 5.74) is 3.52. The number of hydrogen-bond acceptors (Lipinski definition) is 7. The predicted octanol–water partition coefficient (Wildman–Crippen LogP) is 7.82. The predicted molar refractivity (Wildman–Crippen MR) is 176 cm³/mol. The standard InChI is InChI=1S/C27H27NO3S.C9H15NO2/c29-21-7-3-19(4-8-21)17-25-24-12-9-22(30)18-26(24)32-27(25)20-5-10-23(11-6-20)31-16-15-28-13-1-2-14-28;11-9-10(6-7-12-9)8-4-2-1-3-5-8/h3-12,18,29-30H,1-2,13-17H2;8H,1-7H2.